The standard InChI is InChI=1S/C9H12ClNO2/c10-8-1-2-9(13)7(5-8)6-11-3-4-12/h1-2,5,11-13H,3-4,6H2. The Morgan fingerprint density at radius 2 is 2.15 bits per heavy atom. The fraction of sp³-hybridized carbons (Fsp3) is 0.333. The Labute approximate surface area is 82.0 Å². The maximum Gasteiger partial charge on any atom is 0.120 e. The van der Waals surface area contributed by atoms with E-state index in [1.165, 1.54) is 0 Å². The highest BCUT2D eigenvalue weighted by Gasteiger charge is 2.00. The van der Waals surface area contributed by atoms with Gasteiger partial charge in [-0.1, -0.05) is 11.6 Å². The first-order valence-electron chi connectivity index (χ1n) is 4.03. The highest BCUT2D eigenvalue weighted by molar-refractivity contribution is 6.30. The number of rotatable bonds is 4. The van der Waals surface area contributed by atoms with Crippen LogP contribution in [0.1, 0.15) is 5.56 Å². The van der Waals surface area contributed by atoms with Gasteiger partial charge >= 0.3 is 0 Å². The van der Waals surface area contributed by atoms with Crippen molar-refractivity contribution < 1.29 is 10.2 Å². The number of hydrogen-bond donors (Lipinski definition) is 3. The molecule has 0 fully saturated rings. The molecular weight excluding hydrogens is 190 g/mol. The fourth-order valence-corrected chi connectivity index (χ4v) is 1.19. The molecule has 0 aliphatic carbocycles. The largest absolute Gasteiger partial charge is 0.508 e. The van der Waals surface area contributed by atoms with Crippen molar-refractivity contribution in [1.29, 1.82) is 0 Å². The van der Waals surface area contributed by atoms with Gasteiger partial charge in [0, 0.05) is 23.7 Å². The zero-order valence-corrected chi connectivity index (χ0v) is 7.88. The van der Waals surface area contributed by atoms with Crippen molar-refractivity contribution in [2.75, 3.05) is 13.2 Å². The number of nitrogens with one attached hydrogen (secondary N) is 1. The second-order valence-electron chi connectivity index (χ2n) is 2.67. The van der Waals surface area contributed by atoms with Crippen LogP contribution < -0.4 is 5.32 Å². The maximum absolute atomic E-state index is 9.37. The average Bonchev–Trinajstić information content (AvgIpc) is 2.11. The van der Waals surface area contributed by atoms with Gasteiger partial charge in [0.05, 0.1) is 6.61 Å². The normalized spacial score (nSPS) is 10.3. The smallest absolute Gasteiger partial charge is 0.120 e. The molecule has 1 rings (SSSR count). The third-order valence-electron chi connectivity index (χ3n) is 1.65. The van der Waals surface area contributed by atoms with Crippen LogP contribution in [0.2, 0.25) is 5.02 Å². The minimum atomic E-state index is 0.0847. The van der Waals surface area contributed by atoms with E-state index >= 15 is 0 Å². The molecule has 0 aliphatic heterocycles. The van der Waals surface area contributed by atoms with Crippen LogP contribution in [0.15, 0.2) is 18.2 Å². The third-order valence-corrected chi connectivity index (χ3v) is 1.88. The molecule has 0 saturated carbocycles. The molecule has 13 heavy (non-hydrogen) atoms. The molecule has 1 aromatic rings. The van der Waals surface area contributed by atoms with Crippen LogP contribution in [-0.2, 0) is 6.54 Å². The summed E-state index contributed by atoms with van der Waals surface area (Å²) in [6.45, 7) is 1.10. The molecule has 4 heteroatoms. The number of hydrogen-bond acceptors (Lipinski definition) is 3. The number of aliphatic hydroxyl groups is 1. The van der Waals surface area contributed by atoms with Gasteiger partial charge in [0.15, 0.2) is 0 Å². The lowest BCUT2D eigenvalue weighted by molar-refractivity contribution is 0.291. The van der Waals surface area contributed by atoms with Gasteiger partial charge in [0.2, 0.25) is 0 Å². The van der Waals surface area contributed by atoms with Crippen LogP contribution in [0.4, 0.5) is 0 Å². The molecule has 0 aliphatic rings. The van der Waals surface area contributed by atoms with Crippen molar-refractivity contribution in [2.45, 2.75) is 6.54 Å². The predicted octanol–water partition coefficient (Wildman–Crippen LogP) is 1.13. The summed E-state index contributed by atoms with van der Waals surface area (Å²) in [4.78, 5) is 0. The molecule has 0 unspecified atom stereocenters. The van der Waals surface area contributed by atoms with E-state index in [4.69, 9.17) is 16.7 Å². The van der Waals surface area contributed by atoms with Gasteiger partial charge in [0.25, 0.3) is 0 Å². The first kappa shape index (κ1) is 10.3. The molecular formula is C9H12ClNO2. The highest BCUT2D eigenvalue weighted by Crippen LogP contribution is 2.20. The Morgan fingerprint density at radius 1 is 1.38 bits per heavy atom. The summed E-state index contributed by atoms with van der Waals surface area (Å²) >= 11 is 5.74. The van der Waals surface area contributed by atoms with Crippen molar-refractivity contribution in [2.24, 2.45) is 0 Å². The summed E-state index contributed by atoms with van der Waals surface area (Å²) in [5.74, 6) is 0.217. The Hall–Kier alpha value is -0.770. The average molecular weight is 202 g/mol. The van der Waals surface area contributed by atoms with Crippen LogP contribution in [-0.4, -0.2) is 23.4 Å². The molecule has 0 aromatic heterocycles. The van der Waals surface area contributed by atoms with Crippen molar-refractivity contribution in [3.8, 4) is 5.75 Å². The van der Waals surface area contributed by atoms with Crippen molar-refractivity contribution in [1.82, 2.24) is 5.32 Å². The van der Waals surface area contributed by atoms with Gasteiger partial charge in [0.1, 0.15) is 5.75 Å². The van der Waals surface area contributed by atoms with E-state index in [1.807, 2.05) is 0 Å². The van der Waals surface area contributed by atoms with Gasteiger partial charge in [-0.25, -0.2) is 0 Å². The first-order valence-corrected chi connectivity index (χ1v) is 4.41. The lowest BCUT2D eigenvalue weighted by Gasteiger charge is -2.05. The molecule has 72 valence electrons. The van der Waals surface area contributed by atoms with E-state index in [0.717, 1.165) is 5.56 Å². The van der Waals surface area contributed by atoms with Crippen molar-refractivity contribution in [3.05, 3.63) is 28.8 Å². The lowest BCUT2D eigenvalue weighted by atomic mass is 10.2. The van der Waals surface area contributed by atoms with Gasteiger partial charge in [-0.2, -0.15) is 0 Å². The number of aromatic hydroxyl groups is 1. The summed E-state index contributed by atoms with van der Waals surface area (Å²) < 4.78 is 0. The second kappa shape index (κ2) is 5.07. The van der Waals surface area contributed by atoms with Crippen LogP contribution >= 0.6 is 11.6 Å². The maximum atomic E-state index is 9.37. The van der Waals surface area contributed by atoms with Crippen molar-refractivity contribution >= 4 is 11.6 Å². The Balaban J connectivity index is 2.59. The molecule has 0 amide bonds. The van der Waals surface area contributed by atoms with E-state index in [1.54, 1.807) is 18.2 Å². The summed E-state index contributed by atoms with van der Waals surface area (Å²) in [6, 6.07) is 4.88. The molecule has 0 heterocycles. The molecule has 3 nitrogen and oxygen atoms in total. The Morgan fingerprint density at radius 3 is 2.85 bits per heavy atom. The Bertz CT molecular complexity index is 278. The van der Waals surface area contributed by atoms with E-state index in [2.05, 4.69) is 5.32 Å². The highest BCUT2D eigenvalue weighted by atomic mass is 35.5. The quantitative estimate of drug-likeness (QED) is 0.641. The molecule has 0 radical (unpaired) electrons. The van der Waals surface area contributed by atoms with Crippen LogP contribution in [0.3, 0.4) is 0 Å². The van der Waals surface area contributed by atoms with Crippen LogP contribution in [0.25, 0.3) is 0 Å². The third kappa shape index (κ3) is 3.22. The molecule has 0 saturated heterocycles. The van der Waals surface area contributed by atoms with E-state index in [0.29, 0.717) is 18.1 Å². The predicted molar refractivity (Wildman–Crippen MR) is 51.9 cm³/mol. The number of benzene rings is 1. The van der Waals surface area contributed by atoms with Crippen LogP contribution in [0, 0.1) is 0 Å². The zero-order chi connectivity index (χ0) is 9.68. The summed E-state index contributed by atoms with van der Waals surface area (Å²) in [7, 11) is 0. The van der Waals surface area contributed by atoms with Crippen LogP contribution in [0.5, 0.6) is 5.75 Å². The number of phenols is 1. The molecule has 0 atom stereocenters. The topological polar surface area (TPSA) is 52.5 Å². The van der Waals surface area contributed by atoms with E-state index < -0.39 is 0 Å². The fourth-order valence-electron chi connectivity index (χ4n) is 0.998. The first-order chi connectivity index (χ1) is 6.24. The molecule has 0 bridgehead atoms. The number of phenolic OH excluding ortho intramolecular Hbond substituents is 1. The zero-order valence-electron chi connectivity index (χ0n) is 7.13. The van der Waals surface area contributed by atoms with Gasteiger partial charge in [-0.15, -0.1) is 0 Å². The number of halogens is 1. The Kier molecular flexibility index (Phi) is 4.02. The van der Waals surface area contributed by atoms with Gasteiger partial charge < -0.3 is 15.5 Å². The molecule has 1 aromatic carbocycles. The van der Waals surface area contributed by atoms with Crippen molar-refractivity contribution in [3.63, 3.8) is 0 Å². The summed E-state index contributed by atoms with van der Waals surface area (Å²) in [6.07, 6.45) is 0. The van der Waals surface area contributed by atoms with Gasteiger partial charge in [-0.05, 0) is 18.2 Å². The summed E-state index contributed by atoms with van der Waals surface area (Å²) in [5.41, 5.74) is 0.737. The SMILES string of the molecule is OCCNCc1cc(Cl)ccc1O. The monoisotopic (exact) mass is 201 g/mol. The van der Waals surface area contributed by atoms with E-state index in [9.17, 15) is 5.11 Å². The summed E-state index contributed by atoms with van der Waals surface area (Å²) in [5, 5.41) is 21.4. The second-order valence-corrected chi connectivity index (χ2v) is 3.11. The minimum absolute atomic E-state index is 0.0847. The van der Waals surface area contributed by atoms with Gasteiger partial charge in [-0.3, -0.25) is 0 Å². The lowest BCUT2D eigenvalue weighted by Crippen LogP contribution is -2.17. The minimum Gasteiger partial charge on any atom is -0.508 e. The molecule has 0 spiro atoms. The number of aliphatic hydroxyl groups excluding tert-OH is 1. The molecule has 3 N–H and O–H groups in total. The van der Waals surface area contributed by atoms with E-state index in [-0.39, 0.29) is 12.4 Å².